The third kappa shape index (κ3) is 7.43. The smallest absolute Gasteiger partial charge is 0.550 e. The van der Waals surface area contributed by atoms with Crippen molar-refractivity contribution in [3.8, 4) is 23.2 Å². The van der Waals surface area contributed by atoms with Crippen LogP contribution in [0.2, 0.25) is 0 Å². The third-order valence-corrected chi connectivity index (χ3v) is 7.65. The van der Waals surface area contributed by atoms with Crippen LogP contribution in [0.5, 0.6) is 0 Å². The normalized spacial score (nSPS) is 10.6. The molecule has 0 saturated heterocycles. The Hall–Kier alpha value is -6.56. The Balaban J connectivity index is 0.000000149. The number of nitrogens with one attached hydrogen (secondary N) is 2. The number of pyridine rings is 4. The molecule has 0 atom stereocenters. The van der Waals surface area contributed by atoms with Crippen LogP contribution in [-0.4, -0.2) is 51.8 Å². The number of aromatic amines is 2. The van der Waals surface area contributed by atoms with Crippen molar-refractivity contribution in [2.75, 3.05) is 0 Å². The molecule has 10 aromatic rings. The molecule has 0 aliphatic carbocycles. The molecule has 15 heteroatoms. The van der Waals surface area contributed by atoms with Crippen LogP contribution in [0.1, 0.15) is 13.8 Å². The summed E-state index contributed by atoms with van der Waals surface area (Å²) in [4.78, 5) is 51.9. The number of carboxylic acid groups (broad SMARTS) is 2. The van der Waals surface area contributed by atoms with Gasteiger partial charge in [0.2, 0.25) is 0 Å². The van der Waals surface area contributed by atoms with E-state index in [9.17, 15) is 0 Å². The van der Waals surface area contributed by atoms with Crippen LogP contribution in [0.3, 0.4) is 0 Å². The van der Waals surface area contributed by atoms with E-state index in [1.807, 2.05) is 72.8 Å². The maximum absolute atomic E-state index is 8.89. The van der Waals surface area contributed by atoms with Gasteiger partial charge in [0.05, 0.1) is 56.7 Å². The molecule has 53 heavy (non-hydrogen) atoms. The fourth-order valence-electron chi connectivity index (χ4n) is 5.75. The van der Waals surface area contributed by atoms with Crippen LogP contribution in [0, 0.1) is 0 Å². The molecule has 0 saturated carbocycles. The van der Waals surface area contributed by atoms with Gasteiger partial charge in [0, 0.05) is 58.3 Å². The van der Waals surface area contributed by atoms with Crippen LogP contribution < -0.4 is 10.2 Å². The summed E-state index contributed by atoms with van der Waals surface area (Å²) in [6.45, 7) is 1.94. The summed E-state index contributed by atoms with van der Waals surface area (Å²) in [5.41, 5.74) is 7.15. The molecule has 0 aliphatic rings. The molecule has 0 aliphatic heterocycles. The molecule has 14 nitrogen and oxygen atoms in total. The Morgan fingerprint density at radius 1 is 0.509 bits per heavy atom. The Morgan fingerprint density at radius 3 is 1.15 bits per heavy atom. The Morgan fingerprint density at radius 2 is 0.830 bits per heavy atom. The predicted molar refractivity (Wildman–Crippen MR) is 190 cm³/mol. The molecular formula is C38H26CdN8O6. The van der Waals surface area contributed by atoms with Crippen molar-refractivity contribution in [3.05, 3.63) is 110 Å². The van der Waals surface area contributed by atoms with Crippen molar-refractivity contribution in [1.29, 1.82) is 0 Å². The minimum absolute atomic E-state index is 0. The first-order valence-electron chi connectivity index (χ1n) is 15.7. The number of rotatable bonds is 2. The maximum atomic E-state index is 8.89. The van der Waals surface area contributed by atoms with Gasteiger partial charge in [-0.05, 0) is 86.6 Å². The molecular weight excluding hydrogens is 777 g/mol. The van der Waals surface area contributed by atoms with Gasteiger partial charge in [0.1, 0.15) is 0 Å². The SMILES string of the molecule is CC(=O)[O-].CC(=O)[O-].[Cd+2].c1coc(-c2nc3c4cccnc4c4ncccc4c3[nH]2)c1.c1coc(-c2nc3c4cccnc4c4ncccc4c3[nH]2)c1. The summed E-state index contributed by atoms with van der Waals surface area (Å²) in [5.74, 6) is 0.679. The van der Waals surface area contributed by atoms with Gasteiger partial charge in [-0.15, -0.1) is 0 Å². The number of carbonyl (C=O) groups is 2. The van der Waals surface area contributed by atoms with E-state index >= 15 is 0 Å². The summed E-state index contributed by atoms with van der Waals surface area (Å²) in [5, 5.41) is 21.8. The molecule has 2 N–H and O–H groups in total. The first-order valence-corrected chi connectivity index (χ1v) is 15.7. The molecule has 8 aromatic heterocycles. The van der Waals surface area contributed by atoms with Crippen LogP contribution >= 0.6 is 0 Å². The number of aromatic nitrogens is 8. The maximum Gasteiger partial charge on any atom is 2.00 e. The van der Waals surface area contributed by atoms with Gasteiger partial charge >= 0.3 is 27.3 Å². The van der Waals surface area contributed by atoms with Crippen molar-refractivity contribution in [1.82, 2.24) is 39.9 Å². The largest absolute Gasteiger partial charge is 2.00 e. The van der Waals surface area contributed by atoms with Crippen molar-refractivity contribution in [2.45, 2.75) is 13.8 Å². The fraction of sp³-hybridized carbons (Fsp3) is 0.0526. The summed E-state index contributed by atoms with van der Waals surface area (Å²) < 4.78 is 10.9. The van der Waals surface area contributed by atoms with Gasteiger partial charge in [-0.3, -0.25) is 19.9 Å². The fourth-order valence-corrected chi connectivity index (χ4v) is 5.75. The van der Waals surface area contributed by atoms with E-state index in [2.05, 4.69) is 29.9 Å². The zero-order valence-electron chi connectivity index (χ0n) is 28.2. The van der Waals surface area contributed by atoms with E-state index in [1.165, 1.54) is 0 Å². The average Bonchev–Trinajstić information content (AvgIpc) is 3.99. The Kier molecular flexibility index (Phi) is 10.8. The molecule has 256 valence electrons. The van der Waals surface area contributed by atoms with E-state index in [0.717, 1.165) is 79.5 Å². The van der Waals surface area contributed by atoms with E-state index in [-0.39, 0.29) is 27.3 Å². The van der Waals surface area contributed by atoms with Crippen molar-refractivity contribution in [3.63, 3.8) is 0 Å². The molecule has 2 aromatic carbocycles. The molecule has 8 heterocycles. The summed E-state index contributed by atoms with van der Waals surface area (Å²) >= 11 is 0. The number of aliphatic carboxylic acids is 2. The zero-order chi connectivity index (χ0) is 36.2. The monoisotopic (exact) mass is 804 g/mol. The standard InChI is InChI=1S/2C17H10N4O.2C2H4O2.Cd/c2*1-4-10-13(18-7-1)14-11(5-2-8-19-14)16-15(10)20-17(21-16)12-6-3-9-22-12;2*1-2(3)4;/h2*1-9H,(H,20,21);2*1H3,(H,3,4);/q;;;;+2/p-2. The first-order chi connectivity index (χ1) is 25.3. The van der Waals surface area contributed by atoms with E-state index in [1.54, 1.807) is 37.3 Å². The number of benzene rings is 2. The topological polar surface area (TPSA) is 215 Å². The Bertz CT molecular complexity index is 2500. The molecule has 0 bridgehead atoms. The number of hydrogen-bond donors (Lipinski definition) is 2. The van der Waals surface area contributed by atoms with Crippen molar-refractivity contribution in [2.24, 2.45) is 0 Å². The molecule has 0 spiro atoms. The molecule has 0 fully saturated rings. The van der Waals surface area contributed by atoms with Crippen LogP contribution in [0.25, 0.3) is 88.8 Å². The summed E-state index contributed by atoms with van der Waals surface area (Å²) in [6.07, 6.45) is 10.4. The van der Waals surface area contributed by atoms with E-state index in [0.29, 0.717) is 23.2 Å². The van der Waals surface area contributed by atoms with E-state index < -0.39 is 11.9 Å². The summed E-state index contributed by atoms with van der Waals surface area (Å²) in [6, 6.07) is 23.2. The number of carbonyl (C=O) groups excluding carboxylic acids is 2. The zero-order valence-corrected chi connectivity index (χ0v) is 32.3. The molecule has 10 rings (SSSR count). The van der Waals surface area contributed by atoms with Gasteiger partial charge in [0.15, 0.2) is 23.2 Å². The first kappa shape index (κ1) is 36.2. The van der Waals surface area contributed by atoms with Crippen LogP contribution in [0.15, 0.2) is 119 Å². The van der Waals surface area contributed by atoms with Crippen LogP contribution in [0.4, 0.5) is 0 Å². The number of furan rings is 2. The van der Waals surface area contributed by atoms with Crippen molar-refractivity contribution < 1.29 is 55.9 Å². The van der Waals surface area contributed by atoms with Gasteiger partial charge in [-0.2, -0.15) is 0 Å². The minimum Gasteiger partial charge on any atom is -0.550 e. The van der Waals surface area contributed by atoms with Gasteiger partial charge in [0.25, 0.3) is 0 Å². The quantitative estimate of drug-likeness (QED) is 0.167. The molecule has 0 radical (unpaired) electrons. The minimum atomic E-state index is -1.08. The van der Waals surface area contributed by atoms with Gasteiger partial charge < -0.3 is 38.6 Å². The van der Waals surface area contributed by atoms with Gasteiger partial charge in [-0.25, -0.2) is 9.97 Å². The molecule has 0 unspecified atom stereocenters. The van der Waals surface area contributed by atoms with Crippen molar-refractivity contribution >= 4 is 77.6 Å². The number of hydrogen-bond acceptors (Lipinski definition) is 12. The second kappa shape index (κ2) is 15.8. The second-order valence-electron chi connectivity index (χ2n) is 11.2. The molecule has 0 amide bonds. The third-order valence-electron chi connectivity index (χ3n) is 7.65. The summed E-state index contributed by atoms with van der Waals surface area (Å²) in [7, 11) is 0. The van der Waals surface area contributed by atoms with Gasteiger partial charge in [-0.1, -0.05) is 0 Å². The predicted octanol–water partition coefficient (Wildman–Crippen LogP) is 5.35. The number of nitrogens with zero attached hydrogens (tertiary/aromatic N) is 6. The number of imidazole rings is 2. The average molecular weight is 803 g/mol. The number of fused-ring (bicyclic) bond motifs is 12. The number of carboxylic acids is 2. The number of H-pyrrole nitrogens is 2. The Labute approximate surface area is 319 Å². The van der Waals surface area contributed by atoms with Crippen LogP contribution in [-0.2, 0) is 36.9 Å². The second-order valence-corrected chi connectivity index (χ2v) is 11.2. The van der Waals surface area contributed by atoms with E-state index in [4.69, 9.17) is 38.6 Å².